The second-order valence-electron chi connectivity index (χ2n) is 4.75. The van der Waals surface area contributed by atoms with E-state index in [0.717, 1.165) is 0 Å². The van der Waals surface area contributed by atoms with E-state index in [1.165, 1.54) is 0 Å². The van der Waals surface area contributed by atoms with Crippen LogP contribution in [0, 0.1) is 5.41 Å². The molecule has 19 heavy (non-hydrogen) atoms. The molecule has 0 aromatic carbocycles. The van der Waals surface area contributed by atoms with Crippen LogP contribution in [-0.2, 0) is 11.0 Å². The lowest BCUT2D eigenvalue weighted by Gasteiger charge is -2.36. The first-order valence-corrected chi connectivity index (χ1v) is 6.39. The van der Waals surface area contributed by atoms with E-state index in [1.807, 2.05) is 0 Å². The molecule has 1 saturated heterocycles. The highest BCUT2D eigenvalue weighted by molar-refractivity contribution is 7.09. The zero-order chi connectivity index (χ0) is 14.3. The minimum atomic E-state index is -4.54. The van der Waals surface area contributed by atoms with Gasteiger partial charge in [-0.1, -0.05) is 0 Å². The summed E-state index contributed by atoms with van der Waals surface area (Å²) in [4.78, 5) is 16.2. The summed E-state index contributed by atoms with van der Waals surface area (Å²) < 4.78 is 40.4. The number of hydrogen-bond donors (Lipinski definition) is 1. The first-order chi connectivity index (χ1) is 8.72. The van der Waals surface area contributed by atoms with E-state index >= 15 is 0 Å². The molecule has 0 unspecified atom stereocenters. The summed E-state index contributed by atoms with van der Waals surface area (Å²) in [7, 11) is 0. The van der Waals surface area contributed by atoms with E-state index in [-0.39, 0.29) is 5.13 Å². The van der Waals surface area contributed by atoms with E-state index < -0.39 is 23.4 Å². The van der Waals surface area contributed by atoms with Gasteiger partial charge in [-0.05, 0) is 19.8 Å². The Balaban J connectivity index is 2.06. The molecule has 106 valence electrons. The van der Waals surface area contributed by atoms with Gasteiger partial charge in [0.05, 0.1) is 5.41 Å². The summed E-state index contributed by atoms with van der Waals surface area (Å²) in [5.74, 6) is -2.01. The Bertz CT molecular complexity index is 481. The van der Waals surface area contributed by atoms with Gasteiger partial charge in [0.2, 0.25) is 11.0 Å². The third-order valence-electron chi connectivity index (χ3n) is 3.32. The van der Waals surface area contributed by atoms with Gasteiger partial charge in [-0.3, -0.25) is 4.79 Å². The molecule has 0 radical (unpaired) electrons. The molecule has 1 aliphatic rings. The molecule has 0 spiro atoms. The van der Waals surface area contributed by atoms with Crippen molar-refractivity contribution in [1.29, 1.82) is 0 Å². The van der Waals surface area contributed by atoms with E-state index in [9.17, 15) is 18.0 Å². The Morgan fingerprint density at radius 1 is 1.42 bits per heavy atom. The van der Waals surface area contributed by atoms with Gasteiger partial charge < -0.3 is 10.0 Å². The number of aliphatic carboxylic acids is 1. The average molecular weight is 295 g/mol. The topological polar surface area (TPSA) is 66.3 Å². The first kappa shape index (κ1) is 14.0. The van der Waals surface area contributed by atoms with Crippen molar-refractivity contribution in [1.82, 2.24) is 9.36 Å². The molecule has 2 heterocycles. The van der Waals surface area contributed by atoms with Crippen LogP contribution >= 0.6 is 11.5 Å². The van der Waals surface area contributed by atoms with Gasteiger partial charge in [-0.25, -0.2) is 0 Å². The number of hydrogen-bond acceptors (Lipinski definition) is 5. The fourth-order valence-corrected chi connectivity index (χ4v) is 2.60. The number of aromatic nitrogens is 2. The summed E-state index contributed by atoms with van der Waals surface area (Å²) in [6.07, 6.45) is -3.79. The Hall–Kier alpha value is -1.38. The van der Waals surface area contributed by atoms with Crippen molar-refractivity contribution in [3.63, 3.8) is 0 Å². The summed E-state index contributed by atoms with van der Waals surface area (Å²) in [5, 5.41) is 9.27. The predicted octanol–water partition coefficient (Wildman–Crippen LogP) is 2.25. The number of nitrogens with zero attached hydrogens (tertiary/aromatic N) is 3. The van der Waals surface area contributed by atoms with Gasteiger partial charge in [0.15, 0.2) is 0 Å². The lowest BCUT2D eigenvalue weighted by Crippen LogP contribution is -2.42. The quantitative estimate of drug-likeness (QED) is 0.906. The summed E-state index contributed by atoms with van der Waals surface area (Å²) in [5.41, 5.74) is -0.811. The molecule has 1 aromatic heterocycles. The smallest absolute Gasteiger partial charge is 0.452 e. The number of piperidine rings is 1. The summed E-state index contributed by atoms with van der Waals surface area (Å²) in [6.45, 7) is 2.39. The molecule has 1 aliphatic heterocycles. The van der Waals surface area contributed by atoms with E-state index in [0.29, 0.717) is 37.5 Å². The van der Waals surface area contributed by atoms with Crippen LogP contribution in [-0.4, -0.2) is 33.5 Å². The van der Waals surface area contributed by atoms with Crippen LogP contribution in [0.3, 0.4) is 0 Å². The van der Waals surface area contributed by atoms with E-state index in [2.05, 4.69) is 9.36 Å². The molecule has 2 rings (SSSR count). The SMILES string of the molecule is CC1(C(=O)O)CCN(c2nc(C(F)(F)F)ns2)CC1. The van der Waals surface area contributed by atoms with E-state index in [1.54, 1.807) is 11.8 Å². The second kappa shape index (κ2) is 4.62. The minimum absolute atomic E-state index is 0.194. The molecule has 1 N–H and O–H groups in total. The third-order valence-corrected chi connectivity index (χ3v) is 4.10. The van der Waals surface area contributed by atoms with Crippen LogP contribution in [0.5, 0.6) is 0 Å². The highest BCUT2D eigenvalue weighted by Gasteiger charge is 2.39. The molecule has 0 bridgehead atoms. The lowest BCUT2D eigenvalue weighted by atomic mass is 9.81. The molecule has 5 nitrogen and oxygen atoms in total. The molecule has 0 atom stereocenters. The average Bonchev–Trinajstić information content (AvgIpc) is 2.79. The molecule has 9 heteroatoms. The van der Waals surface area contributed by atoms with Crippen molar-refractivity contribution in [3.8, 4) is 0 Å². The standard InChI is InChI=1S/C10H12F3N3O2S/c1-9(7(17)18)2-4-16(5-3-9)8-14-6(15-19-8)10(11,12)13/h2-5H2,1H3,(H,17,18). The Kier molecular flexibility index (Phi) is 3.41. The fraction of sp³-hybridized carbons (Fsp3) is 0.700. The van der Waals surface area contributed by atoms with Gasteiger partial charge in [0, 0.05) is 24.6 Å². The number of halogens is 3. The van der Waals surface area contributed by atoms with Gasteiger partial charge in [-0.2, -0.15) is 22.5 Å². The van der Waals surface area contributed by atoms with Crippen molar-refractivity contribution in [2.45, 2.75) is 25.9 Å². The minimum Gasteiger partial charge on any atom is -0.481 e. The number of anilines is 1. The Morgan fingerprint density at radius 3 is 2.42 bits per heavy atom. The maximum absolute atomic E-state index is 12.4. The van der Waals surface area contributed by atoms with Gasteiger partial charge in [0.25, 0.3) is 0 Å². The van der Waals surface area contributed by atoms with E-state index in [4.69, 9.17) is 5.11 Å². The van der Waals surface area contributed by atoms with Crippen LogP contribution in [0.2, 0.25) is 0 Å². The van der Waals surface area contributed by atoms with Crippen LogP contribution in [0.15, 0.2) is 0 Å². The summed E-state index contributed by atoms with van der Waals surface area (Å²) >= 11 is 0.689. The second-order valence-corrected chi connectivity index (χ2v) is 5.48. The zero-order valence-corrected chi connectivity index (χ0v) is 10.9. The first-order valence-electron chi connectivity index (χ1n) is 5.62. The number of carboxylic acid groups (broad SMARTS) is 1. The molecule has 0 aliphatic carbocycles. The van der Waals surface area contributed by atoms with Crippen LogP contribution in [0.1, 0.15) is 25.6 Å². The number of alkyl halides is 3. The van der Waals surface area contributed by atoms with Crippen LogP contribution in [0.25, 0.3) is 0 Å². The van der Waals surface area contributed by atoms with Crippen molar-refractivity contribution >= 4 is 22.6 Å². The van der Waals surface area contributed by atoms with Crippen molar-refractivity contribution in [3.05, 3.63) is 5.82 Å². The fourth-order valence-electron chi connectivity index (χ4n) is 1.86. The molecular weight excluding hydrogens is 283 g/mol. The molecule has 0 saturated carbocycles. The maximum Gasteiger partial charge on any atom is 0.452 e. The highest BCUT2D eigenvalue weighted by Crippen LogP contribution is 2.35. The third kappa shape index (κ3) is 2.80. The normalized spacial score (nSPS) is 19.5. The number of carbonyl (C=O) groups is 1. The zero-order valence-electron chi connectivity index (χ0n) is 10.1. The van der Waals surface area contributed by atoms with Gasteiger partial charge in [0.1, 0.15) is 0 Å². The molecule has 0 amide bonds. The lowest BCUT2D eigenvalue weighted by molar-refractivity contribution is -0.149. The van der Waals surface area contributed by atoms with Crippen molar-refractivity contribution in [2.24, 2.45) is 5.41 Å². The maximum atomic E-state index is 12.4. The van der Waals surface area contributed by atoms with Crippen molar-refractivity contribution in [2.75, 3.05) is 18.0 Å². The predicted molar refractivity (Wildman–Crippen MR) is 62.1 cm³/mol. The molecular formula is C10H12F3N3O2S. The van der Waals surface area contributed by atoms with Gasteiger partial charge >= 0.3 is 12.1 Å². The molecule has 1 aromatic rings. The summed E-state index contributed by atoms with van der Waals surface area (Å²) in [6, 6.07) is 0. The van der Waals surface area contributed by atoms with Gasteiger partial charge in [-0.15, -0.1) is 0 Å². The van der Waals surface area contributed by atoms with Crippen molar-refractivity contribution < 1.29 is 23.1 Å². The number of rotatable bonds is 2. The monoisotopic (exact) mass is 295 g/mol. The van der Waals surface area contributed by atoms with Crippen LogP contribution < -0.4 is 4.90 Å². The largest absolute Gasteiger partial charge is 0.481 e. The number of carboxylic acids is 1. The molecule has 1 fully saturated rings. The Morgan fingerprint density at radius 2 is 2.00 bits per heavy atom. The Labute approximate surface area is 111 Å². The highest BCUT2D eigenvalue weighted by atomic mass is 32.1. The van der Waals surface area contributed by atoms with Crippen LogP contribution in [0.4, 0.5) is 18.3 Å².